The number of hydrogen-bond donors (Lipinski definition) is 2. The Kier molecular flexibility index (Phi) is 4.52. The highest BCUT2D eigenvalue weighted by Crippen LogP contribution is 2.44. The molecule has 0 heterocycles. The van der Waals surface area contributed by atoms with Crippen LogP contribution in [0.2, 0.25) is 0 Å². The molecular weight excluding hydrogens is 287 g/mol. The topological polar surface area (TPSA) is 84.7 Å². The van der Waals surface area contributed by atoms with Crippen LogP contribution < -0.4 is 11.2 Å². The first kappa shape index (κ1) is 16.6. The molecule has 1 rings (SSSR count). The van der Waals surface area contributed by atoms with Crippen molar-refractivity contribution in [3.8, 4) is 0 Å². The molecule has 114 valence electrons. The van der Waals surface area contributed by atoms with Crippen molar-refractivity contribution in [1.29, 1.82) is 0 Å². The summed E-state index contributed by atoms with van der Waals surface area (Å²) in [6, 6.07) is -2.02. The summed E-state index contributed by atoms with van der Waals surface area (Å²) in [5, 5.41) is -2.15. The van der Waals surface area contributed by atoms with Gasteiger partial charge in [-0.3, -0.25) is 11.2 Å². The van der Waals surface area contributed by atoms with Crippen LogP contribution in [0.5, 0.6) is 0 Å². The molecule has 1 fully saturated rings. The molecule has 0 aliphatic heterocycles. The number of hydrazine groups is 1. The summed E-state index contributed by atoms with van der Waals surface area (Å²) in [6.45, 7) is 0. The summed E-state index contributed by atoms with van der Waals surface area (Å²) >= 11 is 0. The van der Waals surface area contributed by atoms with Crippen LogP contribution in [0.25, 0.3) is 0 Å². The number of methoxy groups -OCH3 is 1. The minimum Gasteiger partial charge on any atom is -0.337 e. The quantitative estimate of drug-likeness (QED) is 0.532. The van der Waals surface area contributed by atoms with Crippen LogP contribution >= 0.6 is 0 Å². The van der Waals surface area contributed by atoms with E-state index < -0.39 is 33.2 Å². The Labute approximate surface area is 110 Å². The van der Waals surface area contributed by atoms with Crippen LogP contribution in [-0.4, -0.2) is 51.2 Å². The van der Waals surface area contributed by atoms with E-state index in [1.54, 1.807) is 0 Å². The smallest absolute Gasteiger partial charge is 0.337 e. The average molecular weight is 305 g/mol. The van der Waals surface area contributed by atoms with E-state index in [9.17, 15) is 21.6 Å². The van der Waals surface area contributed by atoms with Crippen molar-refractivity contribution in [3.05, 3.63) is 0 Å². The molecule has 2 atom stereocenters. The number of rotatable bonds is 6. The van der Waals surface area contributed by atoms with E-state index in [2.05, 4.69) is 10.2 Å². The van der Waals surface area contributed by atoms with Crippen molar-refractivity contribution < 1.29 is 26.3 Å². The Hall–Kier alpha value is -0.420. The third-order valence-electron chi connectivity index (χ3n) is 3.08. The maximum Gasteiger partial charge on any atom is 0.405 e. The van der Waals surface area contributed by atoms with Crippen molar-refractivity contribution in [2.45, 2.75) is 30.2 Å². The van der Waals surface area contributed by atoms with Gasteiger partial charge in [0.25, 0.3) is 5.18 Å². The molecule has 0 aromatic heterocycles. The number of nitrogens with two attached hydrogens (primary N) is 1. The molecule has 0 spiro atoms. The molecule has 1 saturated carbocycles. The van der Waals surface area contributed by atoms with Gasteiger partial charge >= 0.3 is 6.18 Å². The molecule has 19 heavy (non-hydrogen) atoms. The van der Waals surface area contributed by atoms with Gasteiger partial charge in [-0.25, -0.2) is 8.42 Å². The molecule has 0 saturated heterocycles. The Bertz CT molecular complexity index is 424. The first-order valence-electron chi connectivity index (χ1n) is 5.56. The predicted molar refractivity (Wildman–Crippen MR) is 62.2 cm³/mol. The number of halogens is 3. The van der Waals surface area contributed by atoms with Crippen molar-refractivity contribution in [2.75, 3.05) is 20.4 Å². The van der Waals surface area contributed by atoms with E-state index in [1.165, 1.54) is 7.05 Å². The number of nitrogens with one attached hydrogen (secondary N) is 1. The van der Waals surface area contributed by atoms with Crippen LogP contribution in [0.4, 0.5) is 13.2 Å². The van der Waals surface area contributed by atoms with Crippen LogP contribution in [0.1, 0.15) is 12.8 Å². The number of sulfone groups is 1. The molecule has 2 unspecified atom stereocenters. The molecule has 6 nitrogen and oxygen atoms in total. The summed E-state index contributed by atoms with van der Waals surface area (Å²) in [6.07, 6.45) is -3.16. The molecule has 0 aromatic rings. The second-order valence-electron chi connectivity index (χ2n) is 4.52. The van der Waals surface area contributed by atoms with Gasteiger partial charge in [0.15, 0.2) is 0 Å². The van der Waals surface area contributed by atoms with Gasteiger partial charge in [-0.1, -0.05) is 0 Å². The maximum absolute atomic E-state index is 13.1. The van der Waals surface area contributed by atoms with Gasteiger partial charge in [-0.15, -0.1) is 0 Å². The van der Waals surface area contributed by atoms with Crippen LogP contribution in [-0.2, 0) is 14.6 Å². The molecule has 0 amide bonds. The highest BCUT2D eigenvalue weighted by atomic mass is 32.2. The normalized spacial score (nSPS) is 22.3. The minimum atomic E-state index is -4.61. The summed E-state index contributed by atoms with van der Waals surface area (Å²) in [5.41, 5.74) is 7.76. The Morgan fingerprint density at radius 3 is 2.11 bits per heavy atom. The average Bonchev–Trinajstić information content (AvgIpc) is 3.04. The fourth-order valence-corrected chi connectivity index (χ4v) is 2.82. The summed E-state index contributed by atoms with van der Waals surface area (Å²) in [7, 11) is -1.99. The van der Waals surface area contributed by atoms with E-state index in [0.717, 1.165) is 13.4 Å². The largest absolute Gasteiger partial charge is 0.405 e. The van der Waals surface area contributed by atoms with Gasteiger partial charge in [0.1, 0.15) is 6.04 Å². The van der Waals surface area contributed by atoms with Crippen LogP contribution in [0.3, 0.4) is 0 Å². The Morgan fingerprint density at radius 1 is 1.42 bits per heavy atom. The van der Waals surface area contributed by atoms with Gasteiger partial charge in [0.2, 0.25) is 9.84 Å². The molecule has 10 heteroatoms. The lowest BCUT2D eigenvalue weighted by atomic mass is 10.1. The third kappa shape index (κ3) is 3.19. The van der Waals surface area contributed by atoms with Gasteiger partial charge in [-0.2, -0.15) is 18.2 Å². The van der Waals surface area contributed by atoms with E-state index in [-0.39, 0.29) is 0 Å². The lowest BCUT2D eigenvalue weighted by Gasteiger charge is -2.42. The zero-order valence-corrected chi connectivity index (χ0v) is 11.7. The second kappa shape index (κ2) is 5.17. The SMILES string of the molecule is CNN(C(C1CC1)C(F)(F)F)C(N)(OC)S(C)(=O)=O. The summed E-state index contributed by atoms with van der Waals surface area (Å²) in [5.74, 6) is -0.688. The van der Waals surface area contributed by atoms with Crippen molar-refractivity contribution in [3.63, 3.8) is 0 Å². The molecule has 3 N–H and O–H groups in total. The maximum atomic E-state index is 13.1. The highest BCUT2D eigenvalue weighted by molar-refractivity contribution is 7.91. The van der Waals surface area contributed by atoms with Gasteiger partial charge in [0, 0.05) is 13.4 Å². The van der Waals surface area contributed by atoms with E-state index in [4.69, 9.17) is 5.73 Å². The zero-order valence-electron chi connectivity index (χ0n) is 10.9. The number of alkyl halides is 3. The fraction of sp³-hybridized carbons (Fsp3) is 1.00. The molecule has 0 aromatic carbocycles. The monoisotopic (exact) mass is 305 g/mol. The zero-order chi connectivity index (χ0) is 15.1. The van der Waals surface area contributed by atoms with E-state index >= 15 is 0 Å². The fourth-order valence-electron chi connectivity index (χ4n) is 1.95. The second-order valence-corrected chi connectivity index (χ2v) is 6.65. The first-order valence-corrected chi connectivity index (χ1v) is 7.45. The van der Waals surface area contributed by atoms with E-state index in [1.807, 2.05) is 0 Å². The Balaban J connectivity index is 3.23. The van der Waals surface area contributed by atoms with Gasteiger partial charge in [0.05, 0.1) is 0 Å². The minimum absolute atomic E-state index is 0.367. The molecule has 1 aliphatic rings. The lowest BCUT2D eigenvalue weighted by molar-refractivity contribution is -0.235. The standard InChI is InChI=1S/C9H18F3N3O3S/c1-14-15(9(13,18-2)19(3,16)17)7(6-4-5-6)8(10,11)12/h6-7,14H,4-5,13H2,1-3H3. The third-order valence-corrected chi connectivity index (χ3v) is 4.51. The van der Waals surface area contributed by atoms with Crippen LogP contribution in [0.15, 0.2) is 0 Å². The first-order chi connectivity index (χ1) is 8.49. The lowest BCUT2D eigenvalue weighted by Crippen LogP contribution is -2.71. The summed E-state index contributed by atoms with van der Waals surface area (Å²) in [4.78, 5) is 0. The molecular formula is C9H18F3N3O3S. The highest BCUT2D eigenvalue weighted by Gasteiger charge is 2.59. The number of ether oxygens (including phenoxy) is 1. The van der Waals surface area contributed by atoms with Gasteiger partial charge in [-0.05, 0) is 25.8 Å². The van der Waals surface area contributed by atoms with Crippen molar-refractivity contribution in [2.24, 2.45) is 11.7 Å². The summed E-state index contributed by atoms with van der Waals surface area (Å²) < 4.78 is 67.3. The van der Waals surface area contributed by atoms with Gasteiger partial charge < -0.3 is 4.74 Å². The van der Waals surface area contributed by atoms with Crippen molar-refractivity contribution >= 4 is 9.84 Å². The number of hydrogen-bond acceptors (Lipinski definition) is 6. The number of nitrogens with zero attached hydrogens (tertiary/aromatic N) is 1. The van der Waals surface area contributed by atoms with E-state index in [0.29, 0.717) is 17.9 Å². The predicted octanol–water partition coefficient (Wildman–Crippen LogP) is 0.0247. The molecule has 0 bridgehead atoms. The molecule has 1 aliphatic carbocycles. The Morgan fingerprint density at radius 2 is 1.89 bits per heavy atom. The van der Waals surface area contributed by atoms with Crippen molar-refractivity contribution in [1.82, 2.24) is 10.4 Å². The van der Waals surface area contributed by atoms with Crippen LogP contribution in [0, 0.1) is 5.92 Å². The molecule has 0 radical (unpaired) electrons.